The molecule has 4 aliphatic carbocycles. The fraction of sp³-hybridized carbons (Fsp3) is 0.838. The summed E-state index contributed by atoms with van der Waals surface area (Å²) >= 11 is 0. The predicted octanol–water partition coefficient (Wildman–Crippen LogP) is 5.80. The summed E-state index contributed by atoms with van der Waals surface area (Å²) < 4.78 is 5.93. The van der Waals surface area contributed by atoms with Crippen LogP contribution in [0.5, 0.6) is 0 Å². The van der Waals surface area contributed by atoms with Gasteiger partial charge in [-0.2, -0.15) is 0 Å². The smallest absolute Gasteiger partial charge is 0.320 e. The van der Waals surface area contributed by atoms with Crippen molar-refractivity contribution in [1.29, 1.82) is 0 Å². The molecule has 3 fully saturated rings. The van der Waals surface area contributed by atoms with E-state index in [0.717, 1.165) is 48.9 Å². The van der Waals surface area contributed by atoms with Crippen molar-refractivity contribution < 1.29 is 39.2 Å². The molecular formula is C37H60N2O8. The number of allylic oxidation sites excluding steroid dienone is 1. The van der Waals surface area contributed by atoms with Crippen molar-refractivity contribution in [3.8, 4) is 0 Å². The molecule has 1 unspecified atom stereocenters. The number of fused-ring (bicyclic) bond motifs is 5. The van der Waals surface area contributed by atoms with Gasteiger partial charge in [0.15, 0.2) is 0 Å². The van der Waals surface area contributed by atoms with Gasteiger partial charge in [0.2, 0.25) is 0 Å². The van der Waals surface area contributed by atoms with E-state index in [2.05, 4.69) is 40.7 Å². The van der Waals surface area contributed by atoms with Crippen LogP contribution in [0.25, 0.3) is 0 Å². The molecule has 47 heavy (non-hydrogen) atoms. The predicted molar refractivity (Wildman–Crippen MR) is 179 cm³/mol. The van der Waals surface area contributed by atoms with Crippen molar-refractivity contribution in [2.24, 2.45) is 46.3 Å². The molecule has 0 aliphatic heterocycles. The molecular weight excluding hydrogens is 600 g/mol. The van der Waals surface area contributed by atoms with E-state index in [9.17, 15) is 24.3 Å². The maximum Gasteiger partial charge on any atom is 0.320 e. The summed E-state index contributed by atoms with van der Waals surface area (Å²) in [6, 6.07) is 0. The Morgan fingerprint density at radius 3 is 2.04 bits per heavy atom. The molecule has 266 valence electrons. The number of ether oxygens (including phenoxy) is 1. The summed E-state index contributed by atoms with van der Waals surface area (Å²) in [7, 11) is 0. The molecule has 8 atom stereocenters. The molecule has 0 aromatic rings. The highest BCUT2D eigenvalue weighted by atomic mass is 16.5. The molecule has 0 aromatic carbocycles. The first-order valence-corrected chi connectivity index (χ1v) is 18.1. The van der Waals surface area contributed by atoms with E-state index in [-0.39, 0.29) is 31.2 Å². The number of esters is 1. The van der Waals surface area contributed by atoms with Gasteiger partial charge in [0.05, 0.1) is 26.2 Å². The lowest BCUT2D eigenvalue weighted by atomic mass is 9.47. The number of carboxylic acid groups (broad SMARTS) is 3. The van der Waals surface area contributed by atoms with Gasteiger partial charge in [0, 0.05) is 19.5 Å². The van der Waals surface area contributed by atoms with E-state index in [1.165, 1.54) is 60.3 Å². The fourth-order valence-electron chi connectivity index (χ4n) is 10.4. The van der Waals surface area contributed by atoms with E-state index in [0.29, 0.717) is 17.8 Å². The van der Waals surface area contributed by atoms with Crippen molar-refractivity contribution in [3.05, 3.63) is 11.6 Å². The zero-order valence-corrected chi connectivity index (χ0v) is 29.4. The third-order valence-corrected chi connectivity index (χ3v) is 12.7. The van der Waals surface area contributed by atoms with Crippen molar-refractivity contribution in [2.75, 3.05) is 39.3 Å². The van der Waals surface area contributed by atoms with Crippen molar-refractivity contribution in [1.82, 2.24) is 9.80 Å². The van der Waals surface area contributed by atoms with Crippen molar-refractivity contribution in [2.45, 2.75) is 111 Å². The Balaban J connectivity index is 1.34. The van der Waals surface area contributed by atoms with Crippen molar-refractivity contribution >= 4 is 23.9 Å². The Labute approximate surface area is 281 Å². The van der Waals surface area contributed by atoms with Crippen LogP contribution in [0.15, 0.2) is 11.6 Å². The minimum atomic E-state index is -1.18. The first-order chi connectivity index (χ1) is 22.1. The van der Waals surface area contributed by atoms with Crippen LogP contribution < -0.4 is 0 Å². The summed E-state index contributed by atoms with van der Waals surface area (Å²) in [6.07, 6.45) is 15.1. The maximum atomic E-state index is 13.0. The number of hydrogen-bond donors (Lipinski definition) is 3. The van der Waals surface area contributed by atoms with Gasteiger partial charge in [-0.1, -0.05) is 65.5 Å². The Kier molecular flexibility index (Phi) is 12.6. The molecule has 4 rings (SSSR count). The highest BCUT2D eigenvalue weighted by Gasteiger charge is 2.59. The van der Waals surface area contributed by atoms with Crippen LogP contribution in [0.1, 0.15) is 105 Å². The first kappa shape index (κ1) is 37.4. The average Bonchev–Trinajstić information content (AvgIpc) is 3.32. The molecule has 0 amide bonds. The number of nitrogens with zero attached hydrogens (tertiary/aromatic N) is 2. The zero-order valence-electron chi connectivity index (χ0n) is 29.4. The third kappa shape index (κ3) is 9.17. The van der Waals surface area contributed by atoms with Crippen molar-refractivity contribution in [3.63, 3.8) is 0 Å². The van der Waals surface area contributed by atoms with Crippen LogP contribution in [0.3, 0.4) is 0 Å². The maximum absolute atomic E-state index is 13.0. The summed E-state index contributed by atoms with van der Waals surface area (Å²) in [5.41, 5.74) is 1.98. The minimum absolute atomic E-state index is 0.00574. The summed E-state index contributed by atoms with van der Waals surface area (Å²) in [4.78, 5) is 49.4. The minimum Gasteiger partial charge on any atom is -0.480 e. The number of aliphatic carboxylic acids is 3. The van der Waals surface area contributed by atoms with E-state index in [1.54, 1.807) is 0 Å². The highest BCUT2D eigenvalue weighted by molar-refractivity contribution is 5.74. The highest BCUT2D eigenvalue weighted by Crippen LogP contribution is 2.67. The average molecular weight is 661 g/mol. The molecule has 0 aromatic heterocycles. The molecule has 0 bridgehead atoms. The molecule has 0 radical (unpaired) electrons. The van der Waals surface area contributed by atoms with Gasteiger partial charge >= 0.3 is 23.9 Å². The van der Waals surface area contributed by atoms with Crippen LogP contribution in [-0.2, 0) is 23.9 Å². The summed E-state index contributed by atoms with van der Waals surface area (Å²) in [5.74, 6) is 0.560. The van der Waals surface area contributed by atoms with Crippen LogP contribution in [0.4, 0.5) is 0 Å². The molecule has 0 spiro atoms. The Hall–Kier alpha value is -2.46. The van der Waals surface area contributed by atoms with Gasteiger partial charge in [-0.3, -0.25) is 29.0 Å². The second kappa shape index (κ2) is 15.8. The molecule has 3 saturated carbocycles. The SMILES string of the molecule is CC(C)CCC[C@@H](C)[C@H]1CC[C@H]2[C@@H]3CC=C4CC(OC(=O)CN(CCN(CC(=O)O)CC(=O)O)CC(=O)O)CC[C@]4(C)[C@H]3CC[C@]12C. The molecule has 3 N–H and O–H groups in total. The van der Waals surface area contributed by atoms with Crippen LogP contribution in [-0.4, -0.2) is 94.4 Å². The van der Waals surface area contributed by atoms with E-state index >= 15 is 0 Å². The largest absolute Gasteiger partial charge is 0.480 e. The number of carbonyl (C=O) groups is 4. The van der Waals surface area contributed by atoms with Gasteiger partial charge in [0.1, 0.15) is 6.10 Å². The Morgan fingerprint density at radius 1 is 0.830 bits per heavy atom. The van der Waals surface area contributed by atoms with E-state index in [1.807, 2.05) is 0 Å². The topological polar surface area (TPSA) is 145 Å². The number of rotatable bonds is 17. The number of hydrogen-bond acceptors (Lipinski definition) is 7. The normalized spacial score (nSPS) is 32.3. The lowest BCUT2D eigenvalue weighted by Crippen LogP contribution is -2.51. The molecule has 4 aliphatic rings. The van der Waals surface area contributed by atoms with Gasteiger partial charge in [-0.05, 0) is 91.3 Å². The van der Waals surface area contributed by atoms with Crippen LogP contribution in [0, 0.1) is 46.3 Å². The quantitative estimate of drug-likeness (QED) is 0.129. The summed E-state index contributed by atoms with van der Waals surface area (Å²) in [5, 5.41) is 27.6. The molecule has 0 heterocycles. The second-order valence-electron chi connectivity index (χ2n) is 16.2. The third-order valence-electron chi connectivity index (χ3n) is 12.7. The molecule has 0 saturated heterocycles. The molecule has 10 heteroatoms. The Bertz CT molecular complexity index is 1150. The number of carboxylic acids is 3. The standard InChI is InChI=1S/C37H60N2O8/c1-24(2)7-6-8-25(3)29-11-12-30-28-10-9-26-19-27(13-15-36(26,4)31(28)14-16-37(29,30)5)47-35(46)23-39(22-34(44)45)18-17-38(20-32(40)41)21-33(42)43/h9,24-25,27-31H,6-8,10-23H2,1-5H3,(H,40,41)(H,42,43)(H,44,45)/t25-,27?,28+,29-,30+,31+,36+,37-/m1/s1. The zero-order chi connectivity index (χ0) is 34.5. The lowest BCUT2D eigenvalue weighted by Gasteiger charge is -2.58. The first-order valence-electron chi connectivity index (χ1n) is 18.1. The fourth-order valence-corrected chi connectivity index (χ4v) is 10.4. The van der Waals surface area contributed by atoms with Gasteiger partial charge in [0.25, 0.3) is 0 Å². The number of carbonyl (C=O) groups excluding carboxylic acids is 1. The second-order valence-corrected chi connectivity index (χ2v) is 16.2. The monoisotopic (exact) mass is 660 g/mol. The van der Waals surface area contributed by atoms with Gasteiger partial charge in [-0.25, -0.2) is 0 Å². The van der Waals surface area contributed by atoms with Crippen LogP contribution in [0.2, 0.25) is 0 Å². The van der Waals surface area contributed by atoms with Gasteiger partial charge < -0.3 is 20.1 Å². The van der Waals surface area contributed by atoms with E-state index in [4.69, 9.17) is 14.9 Å². The van der Waals surface area contributed by atoms with Crippen LogP contribution >= 0.6 is 0 Å². The summed E-state index contributed by atoms with van der Waals surface area (Å²) in [6.45, 7) is 10.6. The van der Waals surface area contributed by atoms with E-state index < -0.39 is 43.5 Å². The molecule has 10 nitrogen and oxygen atoms in total. The Morgan fingerprint density at radius 2 is 1.45 bits per heavy atom. The lowest BCUT2D eigenvalue weighted by molar-refractivity contribution is -0.154. The van der Waals surface area contributed by atoms with Gasteiger partial charge in [-0.15, -0.1) is 0 Å².